The van der Waals surface area contributed by atoms with Crippen molar-refractivity contribution < 1.29 is 9.53 Å². The summed E-state index contributed by atoms with van der Waals surface area (Å²) in [5.41, 5.74) is 0.935. The van der Waals surface area contributed by atoms with E-state index < -0.39 is 0 Å². The summed E-state index contributed by atoms with van der Waals surface area (Å²) in [5.74, 6) is 2.96. The predicted octanol–water partition coefficient (Wildman–Crippen LogP) is 1.85. The second kappa shape index (κ2) is 7.13. The van der Waals surface area contributed by atoms with Crippen LogP contribution in [0.1, 0.15) is 12.5 Å². The minimum absolute atomic E-state index is 0.197. The van der Waals surface area contributed by atoms with Crippen molar-refractivity contribution in [1.82, 2.24) is 5.32 Å². The lowest BCUT2D eigenvalue weighted by molar-refractivity contribution is -0.116. The molecule has 0 saturated carbocycles. The monoisotopic (exact) mass is 229 g/mol. The van der Waals surface area contributed by atoms with Crippen molar-refractivity contribution in [2.75, 3.05) is 13.2 Å². The molecule has 0 aliphatic rings. The Hall–Kier alpha value is -2.21. The van der Waals surface area contributed by atoms with Crippen molar-refractivity contribution in [2.45, 2.75) is 6.92 Å². The first kappa shape index (κ1) is 12.9. The Morgan fingerprint density at radius 3 is 2.76 bits per heavy atom. The maximum atomic E-state index is 11.2. The Balaban J connectivity index is 2.54. The van der Waals surface area contributed by atoms with Crippen LogP contribution in [0.15, 0.2) is 30.3 Å². The van der Waals surface area contributed by atoms with Crippen LogP contribution >= 0.6 is 0 Å². The first-order chi connectivity index (χ1) is 8.26. The number of amides is 1. The van der Waals surface area contributed by atoms with Crippen LogP contribution in [-0.4, -0.2) is 19.1 Å². The lowest BCUT2D eigenvalue weighted by atomic mass is 10.2. The van der Waals surface area contributed by atoms with Crippen molar-refractivity contribution in [3.8, 4) is 18.1 Å². The van der Waals surface area contributed by atoms with E-state index in [9.17, 15) is 4.79 Å². The Labute approximate surface area is 101 Å². The average Bonchev–Trinajstić information content (AvgIpc) is 2.36. The molecule has 88 valence electrons. The summed E-state index contributed by atoms with van der Waals surface area (Å²) < 4.78 is 5.31. The van der Waals surface area contributed by atoms with Gasteiger partial charge in [0.05, 0.1) is 13.2 Å². The average molecular weight is 229 g/mol. The number of hydrogen-bond acceptors (Lipinski definition) is 2. The molecular weight excluding hydrogens is 214 g/mol. The van der Waals surface area contributed by atoms with E-state index in [1.807, 2.05) is 31.2 Å². The van der Waals surface area contributed by atoms with Crippen molar-refractivity contribution in [3.63, 3.8) is 0 Å². The van der Waals surface area contributed by atoms with Gasteiger partial charge >= 0.3 is 0 Å². The molecular formula is C14H15NO2. The van der Waals surface area contributed by atoms with Crippen molar-refractivity contribution >= 4 is 12.0 Å². The van der Waals surface area contributed by atoms with E-state index in [-0.39, 0.29) is 12.5 Å². The summed E-state index contributed by atoms with van der Waals surface area (Å²) in [6.45, 7) is 2.82. The fourth-order valence-corrected chi connectivity index (χ4v) is 1.21. The maximum Gasteiger partial charge on any atom is 0.244 e. The van der Waals surface area contributed by atoms with Crippen LogP contribution in [-0.2, 0) is 4.79 Å². The van der Waals surface area contributed by atoms with Crippen LogP contribution in [0.2, 0.25) is 0 Å². The smallest absolute Gasteiger partial charge is 0.244 e. The molecule has 17 heavy (non-hydrogen) atoms. The number of carbonyl (C=O) groups excluding carboxylic acids is 1. The highest BCUT2D eigenvalue weighted by atomic mass is 16.5. The summed E-state index contributed by atoms with van der Waals surface area (Å²) >= 11 is 0. The van der Waals surface area contributed by atoms with Crippen molar-refractivity contribution in [3.05, 3.63) is 35.9 Å². The van der Waals surface area contributed by atoms with Gasteiger partial charge in [0.25, 0.3) is 0 Å². The minimum Gasteiger partial charge on any atom is -0.494 e. The molecule has 0 heterocycles. The molecule has 0 aliphatic heterocycles. The predicted molar refractivity (Wildman–Crippen MR) is 68.5 cm³/mol. The highest BCUT2D eigenvalue weighted by molar-refractivity contribution is 5.91. The van der Waals surface area contributed by atoms with Gasteiger partial charge in [0.1, 0.15) is 5.75 Å². The number of benzene rings is 1. The van der Waals surface area contributed by atoms with Gasteiger partial charge < -0.3 is 10.1 Å². The third-order valence-electron chi connectivity index (χ3n) is 1.98. The van der Waals surface area contributed by atoms with Crippen molar-refractivity contribution in [1.29, 1.82) is 0 Å². The summed E-state index contributed by atoms with van der Waals surface area (Å²) in [4.78, 5) is 11.2. The summed E-state index contributed by atoms with van der Waals surface area (Å²) in [5, 5.41) is 2.55. The van der Waals surface area contributed by atoms with Crippen LogP contribution in [0.5, 0.6) is 5.75 Å². The topological polar surface area (TPSA) is 38.3 Å². The normalized spacial score (nSPS) is 9.88. The van der Waals surface area contributed by atoms with E-state index in [2.05, 4.69) is 11.2 Å². The first-order valence-corrected chi connectivity index (χ1v) is 5.38. The molecule has 0 unspecified atom stereocenters. The van der Waals surface area contributed by atoms with E-state index >= 15 is 0 Å². The van der Waals surface area contributed by atoms with Gasteiger partial charge in [0, 0.05) is 6.08 Å². The minimum atomic E-state index is -0.197. The number of carbonyl (C=O) groups is 1. The second-order valence-electron chi connectivity index (χ2n) is 3.26. The molecule has 0 saturated heterocycles. The lowest BCUT2D eigenvalue weighted by Crippen LogP contribution is -2.20. The van der Waals surface area contributed by atoms with Crippen molar-refractivity contribution in [2.24, 2.45) is 0 Å². The van der Waals surface area contributed by atoms with Gasteiger partial charge in [-0.15, -0.1) is 6.42 Å². The highest BCUT2D eigenvalue weighted by Crippen LogP contribution is 2.12. The van der Waals surface area contributed by atoms with E-state index in [0.717, 1.165) is 11.3 Å². The van der Waals surface area contributed by atoms with Crippen LogP contribution in [0.4, 0.5) is 0 Å². The molecule has 0 aromatic heterocycles. The highest BCUT2D eigenvalue weighted by Gasteiger charge is 1.94. The largest absolute Gasteiger partial charge is 0.494 e. The Morgan fingerprint density at radius 1 is 1.47 bits per heavy atom. The zero-order valence-corrected chi connectivity index (χ0v) is 9.77. The molecule has 0 bridgehead atoms. The van der Waals surface area contributed by atoms with Gasteiger partial charge in [-0.1, -0.05) is 18.1 Å². The zero-order chi connectivity index (χ0) is 12.5. The van der Waals surface area contributed by atoms with Gasteiger partial charge in [-0.3, -0.25) is 4.79 Å². The molecule has 1 N–H and O–H groups in total. The number of hydrogen-bond donors (Lipinski definition) is 1. The number of terminal acetylenes is 1. The maximum absolute atomic E-state index is 11.2. The molecule has 0 fully saturated rings. The number of nitrogens with one attached hydrogen (secondary N) is 1. The van der Waals surface area contributed by atoms with Gasteiger partial charge in [-0.25, -0.2) is 0 Å². The molecule has 0 atom stereocenters. The number of rotatable bonds is 5. The lowest BCUT2D eigenvalue weighted by Gasteiger charge is -2.02. The molecule has 1 rings (SSSR count). The van der Waals surface area contributed by atoms with E-state index in [0.29, 0.717) is 6.61 Å². The Kier molecular flexibility index (Phi) is 5.39. The summed E-state index contributed by atoms with van der Waals surface area (Å²) in [6, 6.07) is 7.50. The fourth-order valence-electron chi connectivity index (χ4n) is 1.21. The van der Waals surface area contributed by atoms with E-state index in [1.165, 1.54) is 6.08 Å². The Morgan fingerprint density at radius 2 is 2.18 bits per heavy atom. The summed E-state index contributed by atoms with van der Waals surface area (Å²) in [7, 11) is 0. The van der Waals surface area contributed by atoms with Gasteiger partial charge in [0.15, 0.2) is 0 Å². The molecule has 1 aromatic carbocycles. The van der Waals surface area contributed by atoms with Crippen LogP contribution in [0, 0.1) is 12.3 Å². The second-order valence-corrected chi connectivity index (χ2v) is 3.26. The standard InChI is InChI=1S/C14H15NO2/c1-3-11-15-14(16)10-7-12-5-8-13(9-6-12)17-4-2/h1,5-10H,4,11H2,2H3,(H,15,16). The molecule has 3 heteroatoms. The van der Waals surface area contributed by atoms with Crippen LogP contribution in [0.3, 0.4) is 0 Å². The van der Waals surface area contributed by atoms with Gasteiger partial charge in [0.2, 0.25) is 5.91 Å². The SMILES string of the molecule is C#CCNC(=O)C=Cc1ccc(OCC)cc1. The molecule has 3 nitrogen and oxygen atoms in total. The van der Waals surface area contributed by atoms with Crippen LogP contribution in [0.25, 0.3) is 6.08 Å². The van der Waals surface area contributed by atoms with Gasteiger partial charge in [-0.2, -0.15) is 0 Å². The third-order valence-corrected chi connectivity index (χ3v) is 1.98. The van der Waals surface area contributed by atoms with E-state index in [4.69, 9.17) is 11.2 Å². The molecule has 1 aromatic rings. The van der Waals surface area contributed by atoms with E-state index in [1.54, 1.807) is 6.08 Å². The summed E-state index contributed by atoms with van der Waals surface area (Å²) in [6.07, 6.45) is 8.20. The molecule has 0 aliphatic carbocycles. The first-order valence-electron chi connectivity index (χ1n) is 5.38. The molecule has 0 radical (unpaired) electrons. The molecule has 0 spiro atoms. The fraction of sp³-hybridized carbons (Fsp3) is 0.214. The zero-order valence-electron chi connectivity index (χ0n) is 9.77. The third kappa shape index (κ3) is 4.89. The van der Waals surface area contributed by atoms with Gasteiger partial charge in [-0.05, 0) is 30.7 Å². The Bertz CT molecular complexity index is 427. The number of ether oxygens (including phenoxy) is 1. The quantitative estimate of drug-likeness (QED) is 0.618. The van der Waals surface area contributed by atoms with Crippen LogP contribution < -0.4 is 10.1 Å². The molecule has 1 amide bonds.